The van der Waals surface area contributed by atoms with Crippen molar-refractivity contribution in [1.82, 2.24) is 14.8 Å². The van der Waals surface area contributed by atoms with Crippen molar-refractivity contribution in [3.8, 4) is 0 Å². The minimum absolute atomic E-state index is 0.830. The molecule has 80 valence electrons. The van der Waals surface area contributed by atoms with Crippen LogP contribution in [-0.2, 0) is 11.3 Å². The SMILES string of the molecule is O=CN1CCN(Cc2ccccn2)CC1. The zero-order chi connectivity index (χ0) is 10.5. The molecule has 0 aromatic carbocycles. The second kappa shape index (κ2) is 4.89. The Morgan fingerprint density at radius 2 is 2.07 bits per heavy atom. The van der Waals surface area contributed by atoms with E-state index in [0.717, 1.165) is 44.8 Å². The lowest BCUT2D eigenvalue weighted by Gasteiger charge is -2.32. The zero-order valence-corrected chi connectivity index (χ0v) is 8.67. The van der Waals surface area contributed by atoms with Crippen LogP contribution in [0.15, 0.2) is 24.4 Å². The minimum Gasteiger partial charge on any atom is -0.343 e. The third kappa shape index (κ3) is 2.76. The lowest BCUT2D eigenvalue weighted by molar-refractivity contribution is -0.119. The Morgan fingerprint density at radius 3 is 2.67 bits per heavy atom. The van der Waals surface area contributed by atoms with Crippen molar-refractivity contribution in [2.45, 2.75) is 6.54 Å². The fraction of sp³-hybridized carbons (Fsp3) is 0.455. The molecule has 1 saturated heterocycles. The summed E-state index contributed by atoms with van der Waals surface area (Å²) < 4.78 is 0. The van der Waals surface area contributed by atoms with Gasteiger partial charge in [-0.25, -0.2) is 0 Å². The first-order valence-electron chi connectivity index (χ1n) is 5.20. The molecule has 0 bridgehead atoms. The van der Waals surface area contributed by atoms with Gasteiger partial charge in [-0.3, -0.25) is 14.7 Å². The predicted molar refractivity (Wildman–Crippen MR) is 57.2 cm³/mol. The van der Waals surface area contributed by atoms with Gasteiger partial charge in [-0.15, -0.1) is 0 Å². The highest BCUT2D eigenvalue weighted by Gasteiger charge is 2.15. The maximum atomic E-state index is 10.5. The number of hydrogen-bond acceptors (Lipinski definition) is 3. The molecule has 1 aromatic heterocycles. The summed E-state index contributed by atoms with van der Waals surface area (Å²) in [5, 5.41) is 0. The van der Waals surface area contributed by atoms with Gasteiger partial charge in [-0.2, -0.15) is 0 Å². The van der Waals surface area contributed by atoms with Gasteiger partial charge in [0, 0.05) is 38.9 Å². The van der Waals surface area contributed by atoms with E-state index in [9.17, 15) is 4.79 Å². The molecule has 0 N–H and O–H groups in total. The van der Waals surface area contributed by atoms with E-state index in [0.29, 0.717) is 0 Å². The lowest BCUT2D eigenvalue weighted by atomic mass is 10.3. The largest absolute Gasteiger partial charge is 0.343 e. The molecule has 0 spiro atoms. The summed E-state index contributed by atoms with van der Waals surface area (Å²) in [5.74, 6) is 0. The average molecular weight is 205 g/mol. The van der Waals surface area contributed by atoms with Crippen LogP contribution in [0.4, 0.5) is 0 Å². The van der Waals surface area contributed by atoms with Crippen LogP contribution in [0.5, 0.6) is 0 Å². The van der Waals surface area contributed by atoms with Crippen molar-refractivity contribution in [2.24, 2.45) is 0 Å². The average Bonchev–Trinajstić information content (AvgIpc) is 2.31. The summed E-state index contributed by atoms with van der Waals surface area (Å²) in [5.41, 5.74) is 1.09. The quantitative estimate of drug-likeness (QED) is 0.668. The van der Waals surface area contributed by atoms with Gasteiger partial charge >= 0.3 is 0 Å². The molecular formula is C11H15N3O. The van der Waals surface area contributed by atoms with Crippen LogP contribution in [0.3, 0.4) is 0 Å². The Balaban J connectivity index is 1.85. The monoisotopic (exact) mass is 205 g/mol. The second-order valence-electron chi connectivity index (χ2n) is 3.74. The van der Waals surface area contributed by atoms with Crippen LogP contribution >= 0.6 is 0 Å². The van der Waals surface area contributed by atoms with Crippen molar-refractivity contribution in [3.63, 3.8) is 0 Å². The molecule has 0 radical (unpaired) electrons. The highest BCUT2D eigenvalue weighted by atomic mass is 16.1. The standard InChI is InChI=1S/C11H15N3O/c15-10-14-7-5-13(6-8-14)9-11-3-1-2-4-12-11/h1-4,10H,5-9H2. The molecule has 1 aliphatic heterocycles. The maximum absolute atomic E-state index is 10.5. The van der Waals surface area contributed by atoms with E-state index in [4.69, 9.17) is 0 Å². The number of carbonyl (C=O) groups is 1. The van der Waals surface area contributed by atoms with Crippen molar-refractivity contribution in [3.05, 3.63) is 30.1 Å². The highest BCUT2D eigenvalue weighted by Crippen LogP contribution is 2.04. The first-order valence-corrected chi connectivity index (χ1v) is 5.20. The third-order valence-corrected chi connectivity index (χ3v) is 2.67. The predicted octanol–water partition coefficient (Wildman–Crippen LogP) is 0.356. The molecule has 4 heteroatoms. The van der Waals surface area contributed by atoms with Crippen LogP contribution in [0.25, 0.3) is 0 Å². The normalized spacial score (nSPS) is 17.7. The van der Waals surface area contributed by atoms with Gasteiger partial charge in [0.1, 0.15) is 0 Å². The summed E-state index contributed by atoms with van der Waals surface area (Å²) in [6.45, 7) is 4.42. The highest BCUT2D eigenvalue weighted by molar-refractivity contribution is 5.47. The summed E-state index contributed by atoms with van der Waals surface area (Å²) in [6.07, 6.45) is 2.75. The minimum atomic E-state index is 0.830. The molecule has 0 unspecified atom stereocenters. The summed E-state index contributed by atoms with van der Waals surface area (Å²) in [7, 11) is 0. The van der Waals surface area contributed by atoms with E-state index in [1.807, 2.05) is 29.3 Å². The van der Waals surface area contributed by atoms with E-state index in [1.54, 1.807) is 0 Å². The summed E-state index contributed by atoms with van der Waals surface area (Å²) in [6, 6.07) is 5.96. The number of amides is 1. The van der Waals surface area contributed by atoms with Crippen molar-refractivity contribution in [2.75, 3.05) is 26.2 Å². The Labute approximate surface area is 89.5 Å². The third-order valence-electron chi connectivity index (χ3n) is 2.67. The van der Waals surface area contributed by atoms with Gasteiger partial charge in [-0.1, -0.05) is 6.07 Å². The molecule has 2 heterocycles. The van der Waals surface area contributed by atoms with Crippen LogP contribution in [-0.4, -0.2) is 47.4 Å². The van der Waals surface area contributed by atoms with Gasteiger partial charge < -0.3 is 4.90 Å². The molecule has 4 nitrogen and oxygen atoms in total. The van der Waals surface area contributed by atoms with Gasteiger partial charge in [-0.05, 0) is 12.1 Å². The van der Waals surface area contributed by atoms with Gasteiger partial charge in [0.2, 0.25) is 6.41 Å². The van der Waals surface area contributed by atoms with Crippen LogP contribution < -0.4 is 0 Å². The number of aromatic nitrogens is 1. The smallest absolute Gasteiger partial charge is 0.209 e. The second-order valence-corrected chi connectivity index (χ2v) is 3.74. The Bertz CT molecular complexity index is 307. The molecule has 0 aliphatic carbocycles. The summed E-state index contributed by atoms with van der Waals surface area (Å²) >= 11 is 0. The first-order chi connectivity index (χ1) is 7.38. The molecule has 1 aliphatic rings. The van der Waals surface area contributed by atoms with E-state index in [1.165, 1.54) is 0 Å². The Hall–Kier alpha value is -1.42. The van der Waals surface area contributed by atoms with Crippen molar-refractivity contribution >= 4 is 6.41 Å². The molecule has 0 saturated carbocycles. The lowest BCUT2D eigenvalue weighted by Crippen LogP contribution is -2.45. The number of pyridine rings is 1. The maximum Gasteiger partial charge on any atom is 0.209 e. The van der Waals surface area contributed by atoms with Crippen molar-refractivity contribution in [1.29, 1.82) is 0 Å². The van der Waals surface area contributed by atoms with Crippen LogP contribution in [0.1, 0.15) is 5.69 Å². The fourth-order valence-corrected chi connectivity index (χ4v) is 1.75. The van der Waals surface area contributed by atoms with Crippen LogP contribution in [0.2, 0.25) is 0 Å². The van der Waals surface area contributed by atoms with Gasteiger partial charge in [0.05, 0.1) is 5.69 Å². The zero-order valence-electron chi connectivity index (χ0n) is 8.67. The number of carbonyl (C=O) groups excluding carboxylic acids is 1. The van der Waals surface area contributed by atoms with E-state index >= 15 is 0 Å². The van der Waals surface area contributed by atoms with E-state index in [2.05, 4.69) is 9.88 Å². The van der Waals surface area contributed by atoms with E-state index < -0.39 is 0 Å². The number of piperazine rings is 1. The topological polar surface area (TPSA) is 36.4 Å². The number of hydrogen-bond donors (Lipinski definition) is 0. The Kier molecular flexibility index (Phi) is 3.29. The molecule has 1 aromatic rings. The Morgan fingerprint density at radius 1 is 1.27 bits per heavy atom. The fourth-order valence-electron chi connectivity index (χ4n) is 1.75. The molecule has 1 amide bonds. The first kappa shape index (κ1) is 10.1. The molecule has 2 rings (SSSR count). The molecule has 1 fully saturated rings. The van der Waals surface area contributed by atoms with Gasteiger partial charge in [0.25, 0.3) is 0 Å². The molecule has 15 heavy (non-hydrogen) atoms. The molecule has 0 atom stereocenters. The number of rotatable bonds is 3. The van der Waals surface area contributed by atoms with Crippen molar-refractivity contribution < 1.29 is 4.79 Å². The molecular weight excluding hydrogens is 190 g/mol. The van der Waals surface area contributed by atoms with E-state index in [-0.39, 0.29) is 0 Å². The van der Waals surface area contributed by atoms with Crippen LogP contribution in [0, 0.1) is 0 Å². The summed E-state index contributed by atoms with van der Waals surface area (Å²) in [4.78, 5) is 18.9. The van der Waals surface area contributed by atoms with Gasteiger partial charge in [0.15, 0.2) is 0 Å². The number of nitrogens with zero attached hydrogens (tertiary/aromatic N) is 3.